The minimum absolute atomic E-state index is 0.730. The van der Waals surface area contributed by atoms with Crippen LogP contribution in [0.15, 0.2) is 77.5 Å². The largest absolute Gasteiger partial charge is 0.343 e. The van der Waals surface area contributed by atoms with Gasteiger partial charge < -0.3 is 11.1 Å². The topological polar surface area (TPSA) is 63.8 Å². The van der Waals surface area contributed by atoms with Crippen molar-refractivity contribution in [2.45, 2.75) is 39.0 Å². The summed E-state index contributed by atoms with van der Waals surface area (Å²) in [5.74, 6) is 1.62. The van der Waals surface area contributed by atoms with Crippen LogP contribution in [0.25, 0.3) is 22.3 Å². The highest BCUT2D eigenvalue weighted by molar-refractivity contribution is 5.91. The summed E-state index contributed by atoms with van der Waals surface area (Å²) in [5.41, 5.74) is 11.9. The molecular formula is C25H28N4. The average Bonchev–Trinajstić information content (AvgIpc) is 2.78. The number of rotatable bonds is 7. The third-order valence-corrected chi connectivity index (χ3v) is 5.49. The molecule has 3 N–H and O–H groups in total. The van der Waals surface area contributed by atoms with E-state index in [4.69, 9.17) is 15.7 Å². The molecule has 4 heteroatoms. The highest BCUT2D eigenvalue weighted by Gasteiger charge is 2.15. The van der Waals surface area contributed by atoms with Crippen molar-refractivity contribution in [1.82, 2.24) is 9.97 Å². The molecule has 3 aromatic rings. The Hall–Kier alpha value is -2.98. The predicted octanol–water partition coefficient (Wildman–Crippen LogP) is 5.83. The first kappa shape index (κ1) is 19.3. The molecule has 0 aliphatic heterocycles. The Labute approximate surface area is 172 Å². The summed E-state index contributed by atoms with van der Waals surface area (Å²) in [6.07, 6.45) is 7.61. The Morgan fingerprint density at radius 1 is 0.966 bits per heavy atom. The van der Waals surface area contributed by atoms with Gasteiger partial charge in [0, 0.05) is 16.6 Å². The number of fused-ring (bicyclic) bond motifs is 1. The van der Waals surface area contributed by atoms with Crippen molar-refractivity contribution in [2.24, 2.45) is 5.73 Å². The van der Waals surface area contributed by atoms with Gasteiger partial charge in [-0.3, -0.25) is 0 Å². The van der Waals surface area contributed by atoms with Gasteiger partial charge >= 0.3 is 0 Å². The molecule has 0 atom stereocenters. The maximum Gasteiger partial charge on any atom is 0.162 e. The van der Waals surface area contributed by atoms with Gasteiger partial charge in [0.2, 0.25) is 0 Å². The fraction of sp³-hybridized carbons (Fsp3) is 0.280. The van der Waals surface area contributed by atoms with Crippen LogP contribution in [-0.4, -0.2) is 16.5 Å². The van der Waals surface area contributed by atoms with Crippen molar-refractivity contribution in [1.29, 1.82) is 0 Å². The number of hydrogen-bond donors (Lipinski definition) is 2. The van der Waals surface area contributed by atoms with Gasteiger partial charge in [0.25, 0.3) is 0 Å². The quantitative estimate of drug-likeness (QED) is 0.538. The minimum Gasteiger partial charge on any atom is -0.343 e. The number of benzene rings is 2. The molecule has 1 aromatic heterocycles. The monoisotopic (exact) mass is 384 g/mol. The molecule has 2 aromatic carbocycles. The number of aromatic nitrogens is 2. The molecule has 0 unspecified atom stereocenters. The summed E-state index contributed by atoms with van der Waals surface area (Å²) in [7, 11) is 0. The fourth-order valence-electron chi connectivity index (χ4n) is 3.91. The lowest BCUT2D eigenvalue weighted by Gasteiger charge is -2.21. The summed E-state index contributed by atoms with van der Waals surface area (Å²) in [6, 6.07) is 18.3. The minimum atomic E-state index is 0.730. The van der Waals surface area contributed by atoms with E-state index >= 15 is 0 Å². The Morgan fingerprint density at radius 2 is 1.76 bits per heavy atom. The average molecular weight is 385 g/mol. The summed E-state index contributed by atoms with van der Waals surface area (Å²) < 4.78 is 0. The van der Waals surface area contributed by atoms with Gasteiger partial charge in [0.05, 0.1) is 5.52 Å². The molecule has 0 fully saturated rings. The lowest BCUT2D eigenvalue weighted by molar-refractivity contribution is 0.775. The second-order valence-electron chi connectivity index (χ2n) is 7.45. The molecule has 148 valence electrons. The molecule has 0 radical (unpaired) electrons. The number of nitrogens with one attached hydrogen (secondary N) is 1. The molecule has 0 amide bonds. The highest BCUT2D eigenvalue weighted by Crippen LogP contribution is 2.31. The first-order valence-electron chi connectivity index (χ1n) is 10.5. The van der Waals surface area contributed by atoms with E-state index in [0.717, 1.165) is 66.8 Å². The van der Waals surface area contributed by atoms with Gasteiger partial charge in [0.1, 0.15) is 5.82 Å². The smallest absolute Gasteiger partial charge is 0.162 e. The molecule has 0 bridgehead atoms. The van der Waals surface area contributed by atoms with Gasteiger partial charge in [-0.2, -0.15) is 0 Å². The zero-order valence-electron chi connectivity index (χ0n) is 17.0. The van der Waals surface area contributed by atoms with Crippen LogP contribution in [-0.2, 0) is 0 Å². The van der Waals surface area contributed by atoms with Gasteiger partial charge in [-0.15, -0.1) is 0 Å². The Bertz CT molecular complexity index is 1050. The zero-order valence-corrected chi connectivity index (χ0v) is 17.0. The first-order valence-corrected chi connectivity index (χ1v) is 10.5. The number of para-hydroxylation sites is 1. The van der Waals surface area contributed by atoms with Crippen LogP contribution in [0.1, 0.15) is 39.0 Å². The summed E-state index contributed by atoms with van der Waals surface area (Å²) in [4.78, 5) is 9.68. The van der Waals surface area contributed by atoms with Crippen LogP contribution < -0.4 is 11.1 Å². The standard InChI is InChI=1S/C25H28N4/c1-2-18-14-15-21(17-20(18)11-8-16-26)27-25-22-12-6-7-13-23(22)28-24(29-25)19-9-4-3-5-10-19/h3-7,9-10,12-13,17H,2,8,11,14-16,26H2,1H3,(H,27,28,29). The van der Waals surface area contributed by atoms with E-state index in [-0.39, 0.29) is 0 Å². The van der Waals surface area contributed by atoms with Crippen LogP contribution in [0, 0.1) is 0 Å². The second-order valence-corrected chi connectivity index (χ2v) is 7.45. The van der Waals surface area contributed by atoms with E-state index in [1.54, 1.807) is 5.57 Å². The maximum absolute atomic E-state index is 5.75. The predicted molar refractivity (Wildman–Crippen MR) is 122 cm³/mol. The van der Waals surface area contributed by atoms with Crippen LogP contribution in [0.3, 0.4) is 0 Å². The van der Waals surface area contributed by atoms with E-state index in [9.17, 15) is 0 Å². The van der Waals surface area contributed by atoms with Crippen molar-refractivity contribution in [3.63, 3.8) is 0 Å². The number of nitrogens with two attached hydrogens (primary N) is 1. The Balaban J connectivity index is 1.72. The molecule has 1 aliphatic rings. The molecule has 1 aliphatic carbocycles. The SMILES string of the molecule is CCC1=C(CCCN)C=C(Nc2nc(-c3ccccc3)nc3ccccc23)CC1. The normalized spacial score (nSPS) is 14.2. The maximum atomic E-state index is 5.75. The number of hydrogen-bond acceptors (Lipinski definition) is 4. The van der Waals surface area contributed by atoms with Gasteiger partial charge in [0.15, 0.2) is 5.82 Å². The van der Waals surface area contributed by atoms with E-state index in [1.165, 1.54) is 11.3 Å². The third kappa shape index (κ3) is 4.38. The van der Waals surface area contributed by atoms with Crippen molar-refractivity contribution >= 4 is 16.7 Å². The van der Waals surface area contributed by atoms with Crippen molar-refractivity contribution in [3.8, 4) is 11.4 Å². The lowest BCUT2D eigenvalue weighted by Crippen LogP contribution is -2.10. The van der Waals surface area contributed by atoms with Gasteiger partial charge in [-0.1, -0.05) is 55.0 Å². The third-order valence-electron chi connectivity index (χ3n) is 5.49. The Kier molecular flexibility index (Phi) is 6.01. The van der Waals surface area contributed by atoms with E-state index in [0.29, 0.717) is 0 Å². The summed E-state index contributed by atoms with van der Waals surface area (Å²) in [6.45, 7) is 2.97. The number of allylic oxidation sites excluding steroid dienone is 4. The van der Waals surface area contributed by atoms with E-state index in [2.05, 4.69) is 36.5 Å². The fourth-order valence-corrected chi connectivity index (χ4v) is 3.91. The van der Waals surface area contributed by atoms with Crippen LogP contribution in [0.5, 0.6) is 0 Å². The van der Waals surface area contributed by atoms with Gasteiger partial charge in [-0.25, -0.2) is 9.97 Å². The molecular weight excluding hydrogens is 356 g/mol. The molecule has 0 spiro atoms. The lowest BCUT2D eigenvalue weighted by atomic mass is 9.91. The molecule has 4 rings (SSSR count). The summed E-state index contributed by atoms with van der Waals surface area (Å²) in [5, 5.41) is 4.67. The highest BCUT2D eigenvalue weighted by atomic mass is 15.0. The van der Waals surface area contributed by atoms with Crippen LogP contribution >= 0.6 is 0 Å². The number of nitrogens with zero attached hydrogens (tertiary/aromatic N) is 2. The van der Waals surface area contributed by atoms with E-state index in [1.807, 2.05) is 36.4 Å². The van der Waals surface area contributed by atoms with Crippen molar-refractivity contribution in [2.75, 3.05) is 11.9 Å². The zero-order chi connectivity index (χ0) is 20.1. The van der Waals surface area contributed by atoms with Crippen molar-refractivity contribution < 1.29 is 0 Å². The van der Waals surface area contributed by atoms with Crippen LogP contribution in [0.2, 0.25) is 0 Å². The van der Waals surface area contributed by atoms with Crippen LogP contribution in [0.4, 0.5) is 5.82 Å². The van der Waals surface area contributed by atoms with Gasteiger partial charge in [-0.05, 0) is 62.4 Å². The molecule has 4 nitrogen and oxygen atoms in total. The number of anilines is 1. The van der Waals surface area contributed by atoms with E-state index < -0.39 is 0 Å². The molecule has 29 heavy (non-hydrogen) atoms. The van der Waals surface area contributed by atoms with Crippen molar-refractivity contribution in [3.05, 3.63) is 77.5 Å². The Morgan fingerprint density at radius 3 is 2.55 bits per heavy atom. The molecule has 0 saturated heterocycles. The first-order chi connectivity index (χ1) is 14.3. The molecule has 1 heterocycles. The summed E-state index contributed by atoms with van der Waals surface area (Å²) >= 11 is 0. The molecule has 0 saturated carbocycles. The second kappa shape index (κ2) is 9.01.